The molecule has 0 fully saturated rings. The first kappa shape index (κ1) is 20.9. The van der Waals surface area contributed by atoms with Gasteiger partial charge in [-0.25, -0.2) is 9.48 Å². The number of amides is 1. The third-order valence-corrected chi connectivity index (χ3v) is 5.44. The Balaban J connectivity index is 1.73. The molecule has 160 valence electrons. The number of benzene rings is 2. The minimum absolute atomic E-state index is 0.215. The first-order valence-electron chi connectivity index (χ1n) is 9.99. The van der Waals surface area contributed by atoms with E-state index in [0.717, 1.165) is 11.4 Å². The summed E-state index contributed by atoms with van der Waals surface area (Å²) in [7, 11) is 1.51. The average Bonchev–Trinajstić information content (AvgIpc) is 3.18. The van der Waals surface area contributed by atoms with E-state index < -0.39 is 5.97 Å². The van der Waals surface area contributed by atoms with Gasteiger partial charge >= 0.3 is 5.97 Å². The number of methoxy groups -OCH3 is 1. The van der Waals surface area contributed by atoms with E-state index >= 15 is 0 Å². The number of fused-ring (bicyclic) bond motifs is 1. The van der Waals surface area contributed by atoms with Crippen molar-refractivity contribution < 1.29 is 19.1 Å². The van der Waals surface area contributed by atoms with Crippen LogP contribution >= 0.6 is 11.6 Å². The van der Waals surface area contributed by atoms with Gasteiger partial charge in [0.25, 0.3) is 5.91 Å². The maximum atomic E-state index is 13.3. The highest BCUT2D eigenvalue weighted by Gasteiger charge is 2.32. The van der Waals surface area contributed by atoms with Crippen molar-refractivity contribution in [3.63, 3.8) is 0 Å². The quantitative estimate of drug-likeness (QED) is 0.563. The maximum Gasteiger partial charge on any atom is 0.359 e. The molecule has 0 saturated carbocycles. The minimum atomic E-state index is -0.497. The van der Waals surface area contributed by atoms with Gasteiger partial charge in [0, 0.05) is 23.6 Å². The SMILES string of the molecule is CCOC(=O)c1nn(-c2ccccc2)c2c1CN(C(=O)c1cc(Cl)ccc1OC)CC2. The number of rotatable bonds is 5. The molecule has 0 radical (unpaired) electrons. The summed E-state index contributed by atoms with van der Waals surface area (Å²) in [5.74, 6) is -0.263. The fourth-order valence-electron chi connectivity index (χ4n) is 3.76. The molecule has 7 nitrogen and oxygen atoms in total. The molecule has 1 aliphatic rings. The first-order chi connectivity index (χ1) is 15.0. The number of hydrogen-bond donors (Lipinski definition) is 0. The average molecular weight is 440 g/mol. The summed E-state index contributed by atoms with van der Waals surface area (Å²) in [5.41, 5.74) is 3.06. The number of carbonyl (C=O) groups is 2. The Hall–Kier alpha value is -3.32. The van der Waals surface area contributed by atoms with Crippen LogP contribution in [0, 0.1) is 0 Å². The van der Waals surface area contributed by atoms with Gasteiger partial charge in [0.15, 0.2) is 5.69 Å². The van der Waals surface area contributed by atoms with E-state index in [1.54, 1.807) is 34.7 Å². The zero-order chi connectivity index (χ0) is 22.0. The second-order valence-corrected chi connectivity index (χ2v) is 7.50. The normalized spacial score (nSPS) is 12.9. The van der Waals surface area contributed by atoms with Crippen molar-refractivity contribution >= 4 is 23.5 Å². The number of nitrogens with zero attached hydrogens (tertiary/aromatic N) is 3. The lowest BCUT2D eigenvalue weighted by Crippen LogP contribution is -2.37. The van der Waals surface area contributed by atoms with Crippen LogP contribution in [-0.2, 0) is 17.7 Å². The molecule has 8 heteroatoms. The van der Waals surface area contributed by atoms with Crippen LogP contribution in [0.4, 0.5) is 0 Å². The molecule has 0 aliphatic carbocycles. The molecule has 2 aromatic carbocycles. The molecule has 4 rings (SSSR count). The molecule has 0 atom stereocenters. The third kappa shape index (κ3) is 4.01. The number of hydrogen-bond acceptors (Lipinski definition) is 5. The molecular formula is C23H22ClN3O4. The molecule has 3 aromatic rings. The second-order valence-electron chi connectivity index (χ2n) is 7.06. The highest BCUT2D eigenvalue weighted by atomic mass is 35.5. The van der Waals surface area contributed by atoms with E-state index in [4.69, 9.17) is 21.1 Å². The lowest BCUT2D eigenvalue weighted by atomic mass is 10.0. The van der Waals surface area contributed by atoms with Gasteiger partial charge in [-0.05, 0) is 37.3 Å². The molecule has 1 aromatic heterocycles. The molecule has 1 aliphatic heterocycles. The first-order valence-corrected chi connectivity index (χ1v) is 10.4. The Morgan fingerprint density at radius 3 is 2.65 bits per heavy atom. The summed E-state index contributed by atoms with van der Waals surface area (Å²) in [6.07, 6.45) is 0.547. The number of esters is 1. The molecule has 0 N–H and O–H groups in total. The van der Waals surface area contributed by atoms with Crippen molar-refractivity contribution in [3.05, 3.63) is 76.1 Å². The van der Waals surface area contributed by atoms with Crippen molar-refractivity contribution in [3.8, 4) is 11.4 Å². The Kier molecular flexibility index (Phi) is 5.95. The third-order valence-electron chi connectivity index (χ3n) is 5.21. The molecule has 0 saturated heterocycles. The summed E-state index contributed by atoms with van der Waals surface area (Å²) >= 11 is 6.11. The van der Waals surface area contributed by atoms with Crippen molar-refractivity contribution in [1.29, 1.82) is 0 Å². The predicted octanol–water partition coefficient (Wildman–Crippen LogP) is 3.91. The summed E-state index contributed by atoms with van der Waals surface area (Å²) in [6, 6.07) is 14.5. The van der Waals surface area contributed by atoms with E-state index in [9.17, 15) is 9.59 Å². The summed E-state index contributed by atoms with van der Waals surface area (Å²) < 4.78 is 12.3. The van der Waals surface area contributed by atoms with Crippen LogP contribution in [0.2, 0.25) is 5.02 Å². The number of carbonyl (C=O) groups excluding carboxylic acids is 2. The Morgan fingerprint density at radius 2 is 1.94 bits per heavy atom. The molecule has 0 spiro atoms. The monoisotopic (exact) mass is 439 g/mol. The Labute approximate surface area is 185 Å². The van der Waals surface area contributed by atoms with Crippen molar-refractivity contribution in [2.24, 2.45) is 0 Å². The Bertz CT molecular complexity index is 1130. The van der Waals surface area contributed by atoms with Gasteiger partial charge in [-0.2, -0.15) is 5.10 Å². The highest BCUT2D eigenvalue weighted by molar-refractivity contribution is 6.31. The number of para-hydroxylation sites is 1. The van der Waals surface area contributed by atoms with Gasteiger partial charge in [-0.3, -0.25) is 4.79 Å². The topological polar surface area (TPSA) is 73.7 Å². The summed E-state index contributed by atoms with van der Waals surface area (Å²) in [4.78, 5) is 27.6. The summed E-state index contributed by atoms with van der Waals surface area (Å²) in [5, 5.41) is 5.00. The molecule has 0 bridgehead atoms. The smallest absolute Gasteiger partial charge is 0.359 e. The highest BCUT2D eigenvalue weighted by Crippen LogP contribution is 2.29. The van der Waals surface area contributed by atoms with Crippen LogP contribution in [-0.4, -0.2) is 46.8 Å². The minimum Gasteiger partial charge on any atom is -0.496 e. The van der Waals surface area contributed by atoms with Crippen molar-refractivity contribution in [2.75, 3.05) is 20.3 Å². The van der Waals surface area contributed by atoms with E-state index in [1.807, 2.05) is 30.3 Å². The maximum absolute atomic E-state index is 13.3. The fourth-order valence-corrected chi connectivity index (χ4v) is 3.93. The van der Waals surface area contributed by atoms with Crippen LogP contribution in [0.3, 0.4) is 0 Å². The van der Waals surface area contributed by atoms with Crippen LogP contribution in [0.5, 0.6) is 5.75 Å². The lowest BCUT2D eigenvalue weighted by molar-refractivity contribution is 0.0513. The molecular weight excluding hydrogens is 418 g/mol. The number of ether oxygens (including phenoxy) is 2. The van der Waals surface area contributed by atoms with E-state index in [1.165, 1.54) is 7.11 Å². The van der Waals surface area contributed by atoms with Crippen LogP contribution in [0.1, 0.15) is 39.0 Å². The van der Waals surface area contributed by atoms with Gasteiger partial charge in [-0.1, -0.05) is 29.8 Å². The zero-order valence-electron chi connectivity index (χ0n) is 17.3. The molecule has 31 heavy (non-hydrogen) atoms. The predicted molar refractivity (Wildman–Crippen MR) is 116 cm³/mol. The Morgan fingerprint density at radius 1 is 1.16 bits per heavy atom. The van der Waals surface area contributed by atoms with E-state index in [0.29, 0.717) is 34.9 Å². The van der Waals surface area contributed by atoms with Crippen LogP contribution in [0.15, 0.2) is 48.5 Å². The van der Waals surface area contributed by atoms with Gasteiger partial charge in [-0.15, -0.1) is 0 Å². The van der Waals surface area contributed by atoms with Crippen LogP contribution < -0.4 is 4.74 Å². The van der Waals surface area contributed by atoms with Gasteiger partial charge in [0.2, 0.25) is 0 Å². The molecule has 2 heterocycles. The summed E-state index contributed by atoms with van der Waals surface area (Å²) in [6.45, 7) is 2.71. The lowest BCUT2D eigenvalue weighted by Gasteiger charge is -2.28. The standard InChI is InChI=1S/C23H22ClN3O4/c1-3-31-23(29)21-18-14-26(22(28)17-13-15(24)9-10-20(17)30-2)12-11-19(18)27(25-21)16-7-5-4-6-8-16/h4-10,13H,3,11-12,14H2,1-2H3. The number of halogens is 1. The van der Waals surface area contributed by atoms with E-state index in [-0.39, 0.29) is 24.8 Å². The van der Waals surface area contributed by atoms with Gasteiger partial charge in [0.05, 0.1) is 37.2 Å². The van der Waals surface area contributed by atoms with E-state index in [2.05, 4.69) is 5.10 Å². The zero-order valence-corrected chi connectivity index (χ0v) is 18.1. The molecule has 0 unspecified atom stereocenters. The van der Waals surface area contributed by atoms with Crippen LogP contribution in [0.25, 0.3) is 5.69 Å². The number of aromatic nitrogens is 2. The van der Waals surface area contributed by atoms with Gasteiger partial charge < -0.3 is 14.4 Å². The fraction of sp³-hybridized carbons (Fsp3) is 0.261. The second kappa shape index (κ2) is 8.81. The molecule has 1 amide bonds. The van der Waals surface area contributed by atoms with Gasteiger partial charge in [0.1, 0.15) is 5.75 Å². The van der Waals surface area contributed by atoms with Crippen molar-refractivity contribution in [2.45, 2.75) is 19.9 Å². The van der Waals surface area contributed by atoms with Crippen molar-refractivity contribution in [1.82, 2.24) is 14.7 Å². The largest absolute Gasteiger partial charge is 0.496 e.